The largest absolute Gasteiger partial charge is 0.396 e. The van der Waals surface area contributed by atoms with Crippen LogP contribution in [0.4, 0.5) is 10.5 Å². The Morgan fingerprint density at radius 1 is 1.21 bits per heavy atom. The monoisotopic (exact) mass is 415 g/mol. The van der Waals surface area contributed by atoms with Gasteiger partial charge in [-0.25, -0.2) is 4.79 Å². The molecule has 0 bridgehead atoms. The second kappa shape index (κ2) is 8.97. The van der Waals surface area contributed by atoms with Crippen molar-refractivity contribution in [2.24, 2.45) is 5.41 Å². The molecule has 1 saturated heterocycles. The summed E-state index contributed by atoms with van der Waals surface area (Å²) < 4.78 is 0. The zero-order chi connectivity index (χ0) is 21.0. The van der Waals surface area contributed by atoms with Crippen molar-refractivity contribution in [1.29, 1.82) is 0 Å². The number of thiophene rings is 1. The number of aliphatic hydroxyl groups is 1. The molecule has 1 unspecified atom stereocenters. The Bertz CT molecular complexity index is 858. The van der Waals surface area contributed by atoms with Crippen LogP contribution in [0.25, 0.3) is 0 Å². The molecule has 0 radical (unpaired) electrons. The average Bonchev–Trinajstić information content (AvgIpc) is 3.39. The van der Waals surface area contributed by atoms with Crippen molar-refractivity contribution < 1.29 is 14.7 Å². The molecule has 1 atom stereocenters. The number of hydrogen-bond acceptors (Lipinski definition) is 4. The van der Waals surface area contributed by atoms with Crippen LogP contribution in [0.2, 0.25) is 0 Å². The number of hydrogen-bond donors (Lipinski definition) is 3. The lowest BCUT2D eigenvalue weighted by atomic mass is 9.84. The number of nitrogens with zero attached hydrogens (tertiary/aromatic N) is 1. The van der Waals surface area contributed by atoms with Gasteiger partial charge in [0.2, 0.25) is 0 Å². The minimum atomic E-state index is -0.539. The van der Waals surface area contributed by atoms with Crippen LogP contribution in [-0.4, -0.2) is 41.6 Å². The Labute approximate surface area is 175 Å². The summed E-state index contributed by atoms with van der Waals surface area (Å²) in [6.45, 7) is 7.14. The summed E-state index contributed by atoms with van der Waals surface area (Å²) in [5.74, 6) is -0.0404. The van der Waals surface area contributed by atoms with Gasteiger partial charge in [-0.2, -0.15) is 0 Å². The molecule has 1 fully saturated rings. The maximum atomic E-state index is 13.0. The number of carbonyl (C=O) groups excluding carboxylic acids is 2. The highest BCUT2D eigenvalue weighted by atomic mass is 32.1. The Morgan fingerprint density at radius 2 is 1.93 bits per heavy atom. The fraction of sp³-hybridized carbons (Fsp3) is 0.455. The predicted octanol–water partition coefficient (Wildman–Crippen LogP) is 4.17. The van der Waals surface area contributed by atoms with Crippen molar-refractivity contribution in [3.05, 3.63) is 51.7 Å². The summed E-state index contributed by atoms with van der Waals surface area (Å²) >= 11 is 1.53. The molecule has 0 saturated carbocycles. The number of aliphatic hydroxyl groups excluding tert-OH is 1. The Morgan fingerprint density at radius 3 is 2.55 bits per heavy atom. The van der Waals surface area contributed by atoms with Crippen molar-refractivity contribution in [2.45, 2.75) is 39.7 Å². The fourth-order valence-electron chi connectivity index (χ4n) is 3.62. The highest BCUT2D eigenvalue weighted by Crippen LogP contribution is 2.35. The van der Waals surface area contributed by atoms with Crippen molar-refractivity contribution in [3.8, 4) is 0 Å². The fourth-order valence-corrected chi connectivity index (χ4v) is 4.61. The van der Waals surface area contributed by atoms with Gasteiger partial charge in [0.15, 0.2) is 0 Å². The Balaban J connectivity index is 1.81. The van der Waals surface area contributed by atoms with Crippen LogP contribution in [-0.2, 0) is 0 Å². The number of carbonyl (C=O) groups is 2. The first-order chi connectivity index (χ1) is 13.8. The molecular weight excluding hydrogens is 386 g/mol. The number of likely N-dealkylation sites (tertiary alicyclic amines) is 1. The molecule has 2 heterocycles. The molecule has 0 spiro atoms. The minimum Gasteiger partial charge on any atom is -0.396 e. The molecule has 1 aliphatic rings. The predicted molar refractivity (Wildman–Crippen MR) is 116 cm³/mol. The lowest BCUT2D eigenvalue weighted by molar-refractivity contribution is 0.0793. The van der Waals surface area contributed by atoms with E-state index in [1.807, 2.05) is 55.3 Å². The van der Waals surface area contributed by atoms with E-state index in [-0.39, 0.29) is 18.6 Å². The number of nitrogens with one attached hydrogen (secondary N) is 2. The highest BCUT2D eigenvalue weighted by molar-refractivity contribution is 7.10. The van der Waals surface area contributed by atoms with Crippen molar-refractivity contribution in [3.63, 3.8) is 0 Å². The van der Waals surface area contributed by atoms with E-state index in [0.717, 1.165) is 36.4 Å². The summed E-state index contributed by atoms with van der Waals surface area (Å²) in [5.41, 5.74) is 1.35. The van der Waals surface area contributed by atoms with E-state index in [9.17, 15) is 14.7 Å². The Kier molecular flexibility index (Phi) is 6.59. The lowest BCUT2D eigenvalue weighted by Gasteiger charge is -2.32. The van der Waals surface area contributed by atoms with Crippen LogP contribution in [0.3, 0.4) is 0 Å². The summed E-state index contributed by atoms with van der Waals surface area (Å²) in [4.78, 5) is 28.7. The van der Waals surface area contributed by atoms with Crippen LogP contribution in [0.5, 0.6) is 0 Å². The highest BCUT2D eigenvalue weighted by Gasteiger charge is 2.33. The molecule has 156 valence electrons. The van der Waals surface area contributed by atoms with Gasteiger partial charge in [0.1, 0.15) is 0 Å². The molecular formula is C22H29N3O3S. The van der Waals surface area contributed by atoms with Crippen LogP contribution in [0.15, 0.2) is 35.7 Å². The Hall–Kier alpha value is -2.38. The maximum absolute atomic E-state index is 13.0. The van der Waals surface area contributed by atoms with E-state index < -0.39 is 11.4 Å². The topological polar surface area (TPSA) is 81.7 Å². The van der Waals surface area contributed by atoms with E-state index in [4.69, 9.17) is 0 Å². The zero-order valence-corrected chi connectivity index (χ0v) is 18.0. The van der Waals surface area contributed by atoms with Gasteiger partial charge in [-0.1, -0.05) is 32.0 Å². The number of rotatable bonds is 6. The summed E-state index contributed by atoms with van der Waals surface area (Å²) in [6.07, 6.45) is 2.03. The molecule has 7 heteroatoms. The molecule has 3 rings (SSSR count). The third-order valence-corrected chi connectivity index (χ3v) is 6.36. The standard InChI is InChI=1S/C22H29N3O3S/c1-15-8-6-9-16(18(15)20(27)25-11-4-5-12-25)23-21(28)24-19(22(2,3)14-26)17-10-7-13-29-17/h6-10,13,19,26H,4-5,11-12,14H2,1-3H3,(H2,23,24,28). The van der Waals surface area contributed by atoms with Gasteiger partial charge in [-0.3, -0.25) is 4.79 Å². The molecule has 1 aliphatic heterocycles. The van der Waals surface area contributed by atoms with E-state index in [1.165, 1.54) is 11.3 Å². The number of aryl methyl sites for hydroxylation is 1. The first-order valence-corrected chi connectivity index (χ1v) is 10.8. The van der Waals surface area contributed by atoms with Crippen LogP contribution in [0.1, 0.15) is 53.5 Å². The molecule has 1 aromatic carbocycles. The quantitative estimate of drug-likeness (QED) is 0.662. The van der Waals surface area contributed by atoms with E-state index in [0.29, 0.717) is 11.3 Å². The van der Waals surface area contributed by atoms with Crippen LogP contribution < -0.4 is 10.6 Å². The van der Waals surface area contributed by atoms with Gasteiger partial charge in [0, 0.05) is 23.4 Å². The smallest absolute Gasteiger partial charge is 0.319 e. The molecule has 3 N–H and O–H groups in total. The van der Waals surface area contributed by atoms with Gasteiger partial charge in [0.25, 0.3) is 5.91 Å². The molecule has 1 aromatic heterocycles. The summed E-state index contributed by atoms with van der Waals surface area (Å²) in [7, 11) is 0. The first-order valence-electron chi connectivity index (χ1n) is 9.94. The van der Waals surface area contributed by atoms with Gasteiger partial charge in [0.05, 0.1) is 23.9 Å². The second-order valence-corrected chi connectivity index (χ2v) is 9.17. The molecule has 3 amide bonds. The molecule has 2 aromatic rings. The zero-order valence-electron chi connectivity index (χ0n) is 17.2. The van der Waals surface area contributed by atoms with Gasteiger partial charge in [-0.05, 0) is 42.8 Å². The van der Waals surface area contributed by atoms with Crippen LogP contribution >= 0.6 is 11.3 Å². The number of anilines is 1. The number of amides is 3. The van der Waals surface area contributed by atoms with E-state index >= 15 is 0 Å². The lowest BCUT2D eigenvalue weighted by Crippen LogP contribution is -2.41. The SMILES string of the molecule is Cc1cccc(NC(=O)NC(c2cccs2)C(C)(C)CO)c1C(=O)N1CCCC1. The number of urea groups is 1. The van der Waals surface area contributed by atoms with E-state index in [2.05, 4.69) is 10.6 Å². The molecule has 0 aliphatic carbocycles. The second-order valence-electron chi connectivity index (χ2n) is 8.19. The van der Waals surface area contributed by atoms with E-state index in [1.54, 1.807) is 6.07 Å². The third kappa shape index (κ3) is 4.79. The van der Waals surface area contributed by atoms with Crippen molar-refractivity contribution in [1.82, 2.24) is 10.2 Å². The third-order valence-electron chi connectivity index (χ3n) is 5.42. The van der Waals surface area contributed by atoms with Gasteiger partial charge >= 0.3 is 6.03 Å². The number of benzene rings is 1. The normalized spacial score (nSPS) is 15.2. The molecule has 29 heavy (non-hydrogen) atoms. The minimum absolute atomic E-state index is 0.0404. The average molecular weight is 416 g/mol. The van der Waals surface area contributed by atoms with Gasteiger partial charge < -0.3 is 20.6 Å². The summed E-state index contributed by atoms with van der Waals surface area (Å²) in [5, 5.41) is 17.6. The molecule has 6 nitrogen and oxygen atoms in total. The first kappa shape index (κ1) is 21.3. The van der Waals surface area contributed by atoms with Gasteiger partial charge in [-0.15, -0.1) is 11.3 Å². The van der Waals surface area contributed by atoms with Crippen LogP contribution in [0, 0.1) is 12.3 Å². The summed E-state index contributed by atoms with van der Waals surface area (Å²) in [6, 6.07) is 8.60. The maximum Gasteiger partial charge on any atom is 0.319 e. The van der Waals surface area contributed by atoms with Crippen molar-refractivity contribution in [2.75, 3.05) is 25.0 Å². The van der Waals surface area contributed by atoms with Crippen molar-refractivity contribution >= 4 is 29.0 Å².